The number of aliphatic hydroxyl groups is 1. The second-order valence-corrected chi connectivity index (χ2v) is 14.4. The number of anilines is 1. The predicted octanol–water partition coefficient (Wildman–Crippen LogP) is 3.64. The van der Waals surface area contributed by atoms with Gasteiger partial charge in [-0.05, 0) is 62.6 Å². The number of nitrogens with one attached hydrogen (secondary N) is 2. The molecule has 8 nitrogen and oxygen atoms in total. The highest BCUT2D eigenvalue weighted by Gasteiger charge is 2.54. The first kappa shape index (κ1) is 28.8. The molecule has 2 aliphatic rings. The van der Waals surface area contributed by atoms with Crippen molar-refractivity contribution in [1.29, 1.82) is 0 Å². The van der Waals surface area contributed by atoms with Crippen molar-refractivity contribution in [3.8, 4) is 0 Å². The van der Waals surface area contributed by atoms with Crippen molar-refractivity contribution < 1.29 is 39.9 Å². The number of sulfonamides is 1. The average Bonchev–Trinajstić information content (AvgIpc) is 3.14. The number of halogens is 4. The molecular formula is C24H26ClF3N2O6S2. The lowest BCUT2D eigenvalue weighted by Gasteiger charge is -2.41. The first-order valence-electron chi connectivity index (χ1n) is 11.8. The lowest BCUT2D eigenvalue weighted by Crippen LogP contribution is -2.51. The highest BCUT2D eigenvalue weighted by Crippen LogP contribution is 2.51. The van der Waals surface area contributed by atoms with Crippen LogP contribution in [0, 0.1) is 29.3 Å². The van der Waals surface area contributed by atoms with E-state index in [0.29, 0.717) is 25.0 Å². The SMILES string of the molecule is CCS(=O)(=O)NC[C@@]1(O)CC2CC[C@@H](C1)[C@H]2S(=O)(=O)c1cc(C(=O)Nc2cc(F)c(F)c(F)c2)ccc1Cl. The van der Waals surface area contributed by atoms with Crippen molar-refractivity contribution in [2.24, 2.45) is 11.8 Å². The van der Waals surface area contributed by atoms with Crippen LogP contribution >= 0.6 is 11.6 Å². The van der Waals surface area contributed by atoms with Gasteiger partial charge in [0.05, 0.1) is 26.5 Å². The molecule has 4 atom stereocenters. The Morgan fingerprint density at radius 2 is 1.63 bits per heavy atom. The fourth-order valence-electron chi connectivity index (χ4n) is 5.48. The minimum Gasteiger partial charge on any atom is -0.389 e. The maximum absolute atomic E-state index is 13.8. The van der Waals surface area contributed by atoms with Gasteiger partial charge < -0.3 is 10.4 Å². The molecule has 208 valence electrons. The number of carbonyl (C=O) groups is 1. The zero-order valence-electron chi connectivity index (χ0n) is 20.2. The number of benzene rings is 2. The summed E-state index contributed by atoms with van der Waals surface area (Å²) < 4.78 is 93.8. The maximum atomic E-state index is 13.8. The van der Waals surface area contributed by atoms with Gasteiger partial charge in [0.2, 0.25) is 10.0 Å². The Bertz CT molecular complexity index is 1450. The highest BCUT2D eigenvalue weighted by molar-refractivity contribution is 7.92. The van der Waals surface area contributed by atoms with Gasteiger partial charge in [0, 0.05) is 29.9 Å². The topological polar surface area (TPSA) is 130 Å². The minimum atomic E-state index is -4.11. The van der Waals surface area contributed by atoms with Crippen molar-refractivity contribution in [2.75, 3.05) is 17.6 Å². The van der Waals surface area contributed by atoms with Gasteiger partial charge in [-0.1, -0.05) is 11.6 Å². The fraction of sp³-hybridized carbons (Fsp3) is 0.458. The summed E-state index contributed by atoms with van der Waals surface area (Å²) >= 11 is 6.23. The molecule has 2 aromatic rings. The van der Waals surface area contributed by atoms with Crippen molar-refractivity contribution in [1.82, 2.24) is 4.72 Å². The maximum Gasteiger partial charge on any atom is 0.255 e. The number of fused-ring (bicyclic) bond motifs is 2. The molecule has 38 heavy (non-hydrogen) atoms. The molecule has 3 N–H and O–H groups in total. The van der Waals surface area contributed by atoms with E-state index in [1.165, 1.54) is 19.1 Å². The van der Waals surface area contributed by atoms with Gasteiger partial charge in [0.1, 0.15) is 0 Å². The first-order chi connectivity index (χ1) is 17.7. The van der Waals surface area contributed by atoms with Crippen LogP contribution in [0.3, 0.4) is 0 Å². The minimum absolute atomic E-state index is 0.0686. The lowest BCUT2D eigenvalue weighted by atomic mass is 9.77. The standard InChI is InChI=1S/C24H26ClF3N2O6S2/c1-2-37(33,34)29-12-24(32)10-14-3-4-15(11-24)22(14)38(35,36)20-7-13(5-6-17(20)25)23(31)30-16-8-18(26)21(28)19(27)9-16/h5-9,14-15,22,29,32H,2-4,10-12H2,1H3,(H,30,31)/t14-,15?,22+,24-/m0/s1. The van der Waals surface area contributed by atoms with E-state index in [4.69, 9.17) is 11.6 Å². The predicted molar refractivity (Wildman–Crippen MR) is 135 cm³/mol. The number of carbonyl (C=O) groups excluding carboxylic acids is 1. The van der Waals surface area contributed by atoms with E-state index in [9.17, 15) is 39.9 Å². The van der Waals surface area contributed by atoms with Crippen LogP contribution in [0.1, 0.15) is 43.0 Å². The summed E-state index contributed by atoms with van der Waals surface area (Å²) in [6.07, 6.45) is 1.16. The Morgan fingerprint density at radius 3 is 2.18 bits per heavy atom. The summed E-state index contributed by atoms with van der Waals surface area (Å²) in [5, 5.41) is 12.2. The molecule has 14 heteroatoms. The zero-order valence-corrected chi connectivity index (χ0v) is 22.6. The molecule has 1 amide bonds. The molecule has 4 rings (SSSR count). The van der Waals surface area contributed by atoms with Gasteiger partial charge in [-0.2, -0.15) is 0 Å². The van der Waals surface area contributed by atoms with Crippen LogP contribution < -0.4 is 10.0 Å². The fourth-order valence-corrected chi connectivity index (χ4v) is 9.01. The smallest absolute Gasteiger partial charge is 0.255 e. The van der Waals surface area contributed by atoms with E-state index in [2.05, 4.69) is 10.0 Å². The monoisotopic (exact) mass is 594 g/mol. The number of sulfone groups is 1. The van der Waals surface area contributed by atoms with Crippen molar-refractivity contribution in [2.45, 2.75) is 48.4 Å². The summed E-state index contributed by atoms with van der Waals surface area (Å²) in [5.41, 5.74) is -1.92. The molecule has 2 bridgehead atoms. The highest BCUT2D eigenvalue weighted by atomic mass is 35.5. The van der Waals surface area contributed by atoms with E-state index in [-0.39, 0.29) is 46.3 Å². The molecule has 2 aliphatic carbocycles. The van der Waals surface area contributed by atoms with Gasteiger partial charge in [-0.15, -0.1) is 0 Å². The Hall–Kier alpha value is -2.19. The molecule has 2 saturated carbocycles. The van der Waals surface area contributed by atoms with Crippen molar-refractivity contribution in [3.05, 3.63) is 58.4 Å². The van der Waals surface area contributed by atoms with Crippen LogP contribution in [0.5, 0.6) is 0 Å². The van der Waals surface area contributed by atoms with E-state index in [1.807, 2.05) is 0 Å². The van der Waals surface area contributed by atoms with Crippen molar-refractivity contribution >= 4 is 43.1 Å². The quantitative estimate of drug-likeness (QED) is 0.400. The Balaban J connectivity index is 1.57. The number of hydrogen-bond acceptors (Lipinski definition) is 6. The Morgan fingerprint density at radius 1 is 1.05 bits per heavy atom. The molecule has 0 spiro atoms. The van der Waals surface area contributed by atoms with Gasteiger partial charge >= 0.3 is 0 Å². The molecule has 0 radical (unpaired) electrons. The largest absolute Gasteiger partial charge is 0.389 e. The van der Waals surface area contributed by atoms with Gasteiger partial charge in [0.15, 0.2) is 27.3 Å². The van der Waals surface area contributed by atoms with Crippen molar-refractivity contribution in [3.63, 3.8) is 0 Å². The van der Waals surface area contributed by atoms with Crippen LogP contribution in [-0.4, -0.2) is 51.0 Å². The molecule has 2 fully saturated rings. The lowest BCUT2D eigenvalue weighted by molar-refractivity contribution is -0.0136. The van der Waals surface area contributed by atoms with E-state index < -0.39 is 65.9 Å². The van der Waals surface area contributed by atoms with Crippen LogP contribution in [0.2, 0.25) is 5.02 Å². The second-order valence-electron chi connectivity index (χ2n) is 9.82. The first-order valence-corrected chi connectivity index (χ1v) is 15.4. The Kier molecular flexibility index (Phi) is 7.90. The van der Waals surface area contributed by atoms with E-state index >= 15 is 0 Å². The third kappa shape index (κ3) is 5.71. The summed E-state index contributed by atoms with van der Waals surface area (Å²) in [4.78, 5) is 12.4. The molecule has 0 heterocycles. The molecular weight excluding hydrogens is 569 g/mol. The van der Waals surface area contributed by atoms with E-state index in [0.717, 1.165) is 6.07 Å². The molecule has 2 aromatic carbocycles. The summed E-state index contributed by atoms with van der Waals surface area (Å²) in [7, 11) is -7.65. The molecule has 0 aromatic heterocycles. The van der Waals surface area contributed by atoms with Gasteiger partial charge in [-0.3, -0.25) is 4.79 Å². The zero-order chi connectivity index (χ0) is 28.0. The number of hydrogen-bond donors (Lipinski definition) is 3. The normalized spacial score (nSPS) is 25.4. The third-order valence-electron chi connectivity index (χ3n) is 7.22. The molecule has 1 unspecified atom stereocenters. The molecule has 0 saturated heterocycles. The average molecular weight is 595 g/mol. The van der Waals surface area contributed by atoms with Gasteiger partial charge in [-0.25, -0.2) is 34.7 Å². The van der Waals surface area contributed by atoms with Gasteiger partial charge in [0.25, 0.3) is 5.91 Å². The second kappa shape index (κ2) is 10.4. The number of amides is 1. The van der Waals surface area contributed by atoms with Crippen LogP contribution in [0.4, 0.5) is 18.9 Å². The van der Waals surface area contributed by atoms with Crippen LogP contribution in [0.25, 0.3) is 0 Å². The number of rotatable bonds is 8. The third-order valence-corrected chi connectivity index (χ3v) is 11.4. The summed E-state index contributed by atoms with van der Waals surface area (Å²) in [5.74, 6) is -6.68. The Labute approximate surface area is 223 Å². The summed E-state index contributed by atoms with van der Waals surface area (Å²) in [6, 6.07) is 4.70. The van der Waals surface area contributed by atoms with Crippen LogP contribution in [-0.2, 0) is 19.9 Å². The summed E-state index contributed by atoms with van der Waals surface area (Å²) in [6.45, 7) is 1.25. The molecule has 0 aliphatic heterocycles. The van der Waals surface area contributed by atoms with E-state index in [1.54, 1.807) is 0 Å². The van der Waals surface area contributed by atoms with Crippen LogP contribution in [0.15, 0.2) is 35.2 Å².